The van der Waals surface area contributed by atoms with Gasteiger partial charge in [-0.1, -0.05) is 0 Å². The van der Waals surface area contributed by atoms with Crippen LogP contribution in [0.1, 0.15) is 8.44 Å². The lowest BCUT2D eigenvalue weighted by Crippen LogP contribution is -2.07. The first kappa shape index (κ1) is 5.93. The maximum Gasteiger partial charge on any atom is 0.434 e. The molecule has 11 heavy (non-hydrogen) atoms. The van der Waals surface area contributed by atoms with Gasteiger partial charge in [-0.2, -0.15) is 13.2 Å². The summed E-state index contributed by atoms with van der Waals surface area (Å²) in [5, 5.41) is 0. The Morgan fingerprint density at radius 1 is 1.36 bits per heavy atom. The summed E-state index contributed by atoms with van der Waals surface area (Å²) in [4.78, 5) is 6.04. The van der Waals surface area contributed by atoms with Crippen molar-refractivity contribution in [1.82, 2.24) is 9.97 Å². The Morgan fingerprint density at radius 2 is 2.00 bits per heavy atom. The van der Waals surface area contributed by atoms with Crippen molar-refractivity contribution in [3.05, 3.63) is 22.6 Å². The van der Waals surface area contributed by atoms with E-state index in [9.17, 15) is 13.2 Å². The zero-order valence-corrected chi connectivity index (χ0v) is 6.49. The Bertz CT molecular complexity index is 341. The zero-order valence-electron chi connectivity index (χ0n) is 6.91. The second kappa shape index (κ2) is 2.77. The van der Waals surface area contributed by atoms with Crippen molar-refractivity contribution in [2.45, 2.75) is 6.18 Å². The molecule has 0 atom stereocenters. The fourth-order valence-electron chi connectivity index (χ4n) is 0.381. The second-order valence-electron chi connectivity index (χ2n) is 1.58. The van der Waals surface area contributed by atoms with Crippen LogP contribution in [0.15, 0.2) is 16.9 Å². The maximum atomic E-state index is 12.0. The van der Waals surface area contributed by atoms with Crippen molar-refractivity contribution < 1.29 is 15.9 Å². The average Bonchev–Trinajstić information content (AvgIpc) is 1.94. The lowest BCUT2D eigenvalue weighted by Gasteiger charge is -2.02. The van der Waals surface area contributed by atoms with E-state index in [-0.39, 0.29) is 4.60 Å². The van der Waals surface area contributed by atoms with Gasteiger partial charge in [0, 0.05) is 0 Å². The molecular weight excluding hydrogens is 225 g/mol. The third kappa shape index (κ3) is 2.14. The van der Waals surface area contributed by atoms with E-state index in [1.165, 1.54) is 0 Å². The summed E-state index contributed by atoms with van der Waals surface area (Å²) in [5.74, 6) is 0. The van der Waals surface area contributed by atoms with Crippen LogP contribution in [0.25, 0.3) is 0 Å². The van der Waals surface area contributed by atoms with Crippen molar-refractivity contribution in [2.75, 3.05) is 0 Å². The molecule has 0 saturated heterocycles. The van der Waals surface area contributed by atoms with Gasteiger partial charge in [0.25, 0.3) is 0 Å². The number of hydrogen-bond donors (Lipinski definition) is 0. The summed E-state index contributed by atoms with van der Waals surface area (Å²) in [6.45, 7) is 0. The van der Waals surface area contributed by atoms with E-state index >= 15 is 0 Å². The summed E-state index contributed by atoms with van der Waals surface area (Å²) in [5.41, 5.74) is -1.44. The zero-order chi connectivity index (χ0) is 10.2. The molecule has 0 radical (unpaired) electrons. The average molecular weight is 229 g/mol. The van der Waals surface area contributed by atoms with Crippen LogP contribution in [-0.4, -0.2) is 9.97 Å². The van der Waals surface area contributed by atoms with Gasteiger partial charge in [0.15, 0.2) is 5.69 Å². The largest absolute Gasteiger partial charge is 0.434 e. The third-order valence-electron chi connectivity index (χ3n) is 0.788. The molecule has 0 saturated carbocycles. The standard InChI is InChI=1S/C5H2BrF3N2/c6-4-2-10-3(1-11-4)5(7,8)9/h1-2H/i1D,2D. The van der Waals surface area contributed by atoms with Crippen LogP contribution in [0.4, 0.5) is 13.2 Å². The lowest BCUT2D eigenvalue weighted by molar-refractivity contribution is -0.141. The SMILES string of the molecule is [2H]c1nc(C(F)(F)F)c([2H])nc1Br. The predicted molar refractivity (Wildman–Crippen MR) is 34.7 cm³/mol. The fraction of sp³-hybridized carbons (Fsp3) is 0.200. The van der Waals surface area contributed by atoms with Crippen LogP contribution in [-0.2, 0) is 6.18 Å². The van der Waals surface area contributed by atoms with Crippen LogP contribution in [0.2, 0.25) is 0 Å². The minimum absolute atomic E-state index is 0.175. The Hall–Kier alpha value is -0.650. The summed E-state index contributed by atoms with van der Waals surface area (Å²) in [6.07, 6.45) is -6.36. The van der Waals surface area contributed by atoms with Crippen LogP contribution < -0.4 is 0 Å². The van der Waals surface area contributed by atoms with Crippen LogP contribution in [0.5, 0.6) is 0 Å². The van der Waals surface area contributed by atoms with Crippen molar-refractivity contribution in [1.29, 1.82) is 0 Å². The van der Waals surface area contributed by atoms with E-state index in [1.807, 2.05) is 0 Å². The fourth-order valence-corrected chi connectivity index (χ4v) is 0.558. The number of aromatic nitrogens is 2. The highest BCUT2D eigenvalue weighted by molar-refractivity contribution is 9.10. The first-order valence-corrected chi connectivity index (χ1v) is 3.19. The van der Waals surface area contributed by atoms with E-state index in [4.69, 9.17) is 2.74 Å². The Morgan fingerprint density at radius 3 is 2.55 bits per heavy atom. The van der Waals surface area contributed by atoms with Gasteiger partial charge in [0.1, 0.15) is 4.60 Å². The highest BCUT2D eigenvalue weighted by Gasteiger charge is 2.32. The van der Waals surface area contributed by atoms with Crippen molar-refractivity contribution in [3.63, 3.8) is 0 Å². The number of alkyl halides is 3. The third-order valence-corrected chi connectivity index (χ3v) is 1.14. The number of nitrogens with zero attached hydrogens (tertiary/aromatic N) is 2. The number of hydrogen-bond acceptors (Lipinski definition) is 2. The number of rotatable bonds is 0. The molecule has 0 aliphatic heterocycles. The van der Waals surface area contributed by atoms with Crippen LogP contribution in [0.3, 0.4) is 0 Å². The van der Waals surface area contributed by atoms with E-state index < -0.39 is 24.2 Å². The van der Waals surface area contributed by atoms with Gasteiger partial charge in [0.2, 0.25) is 0 Å². The molecule has 0 unspecified atom stereocenters. The molecule has 1 aromatic rings. The molecule has 1 heterocycles. The smallest absolute Gasteiger partial charge is 0.247 e. The molecular formula is C5H2BrF3N2. The quantitative estimate of drug-likeness (QED) is 0.681. The molecule has 0 aliphatic rings. The lowest BCUT2D eigenvalue weighted by atomic mass is 10.4. The Kier molecular flexibility index (Phi) is 1.49. The molecule has 2 nitrogen and oxygen atoms in total. The van der Waals surface area contributed by atoms with Gasteiger partial charge in [0.05, 0.1) is 15.1 Å². The molecule has 0 aliphatic carbocycles. The molecule has 1 rings (SSSR count). The highest BCUT2D eigenvalue weighted by atomic mass is 79.9. The number of halogens is 4. The van der Waals surface area contributed by atoms with Gasteiger partial charge in [-0.25, -0.2) is 9.97 Å². The van der Waals surface area contributed by atoms with Crippen LogP contribution >= 0.6 is 15.9 Å². The summed E-state index contributed by atoms with van der Waals surface area (Å²) in [6, 6.07) is 0. The van der Waals surface area contributed by atoms with Crippen molar-refractivity contribution in [2.24, 2.45) is 0 Å². The molecule has 0 fully saturated rings. The minimum Gasteiger partial charge on any atom is -0.247 e. The first-order valence-electron chi connectivity index (χ1n) is 3.40. The Balaban J connectivity index is 3.32. The Labute approximate surface area is 71.4 Å². The van der Waals surface area contributed by atoms with Gasteiger partial charge in [-0.3, -0.25) is 0 Å². The maximum absolute atomic E-state index is 12.0. The minimum atomic E-state index is -4.74. The molecule has 0 bridgehead atoms. The topological polar surface area (TPSA) is 25.8 Å². The van der Waals surface area contributed by atoms with Crippen molar-refractivity contribution in [3.8, 4) is 0 Å². The van der Waals surface area contributed by atoms with Gasteiger partial charge in [-0.05, 0) is 15.9 Å². The summed E-state index contributed by atoms with van der Waals surface area (Å²) in [7, 11) is 0. The van der Waals surface area contributed by atoms with Gasteiger partial charge < -0.3 is 0 Å². The van der Waals surface area contributed by atoms with E-state index in [0.717, 1.165) is 0 Å². The van der Waals surface area contributed by atoms with E-state index in [2.05, 4.69) is 25.9 Å². The second-order valence-corrected chi connectivity index (χ2v) is 2.34. The van der Waals surface area contributed by atoms with Crippen LogP contribution in [0, 0.1) is 0 Å². The van der Waals surface area contributed by atoms with E-state index in [1.54, 1.807) is 0 Å². The summed E-state index contributed by atoms with van der Waals surface area (Å²) < 4.78 is 49.7. The monoisotopic (exact) mass is 228 g/mol. The normalized spacial score (nSPS) is 14.2. The molecule has 60 valence electrons. The molecule has 0 spiro atoms. The molecule has 0 N–H and O–H groups in total. The highest BCUT2D eigenvalue weighted by Crippen LogP contribution is 2.26. The predicted octanol–water partition coefficient (Wildman–Crippen LogP) is 2.26. The summed E-state index contributed by atoms with van der Waals surface area (Å²) >= 11 is 2.70. The van der Waals surface area contributed by atoms with E-state index in [0.29, 0.717) is 0 Å². The molecule has 0 amide bonds. The molecule has 1 aromatic heterocycles. The molecule has 0 aromatic carbocycles. The molecule has 6 heteroatoms. The van der Waals surface area contributed by atoms with Crippen molar-refractivity contribution >= 4 is 15.9 Å². The first-order chi connectivity index (χ1) is 5.82. The van der Waals surface area contributed by atoms with Gasteiger partial charge >= 0.3 is 6.18 Å². The van der Waals surface area contributed by atoms with Gasteiger partial charge in [-0.15, -0.1) is 0 Å².